The minimum atomic E-state index is -3.08. The van der Waals surface area contributed by atoms with E-state index in [1.807, 2.05) is 0 Å². The Balaban J connectivity index is 1.64. The van der Waals surface area contributed by atoms with E-state index in [1.54, 1.807) is 0 Å². The van der Waals surface area contributed by atoms with Gasteiger partial charge in [-0.15, -0.1) is 0 Å². The standard InChI is InChI=1S/C58H106N2O21/c1-4-6-8-10-12-14-15-16-17-18-19-20-21-22-24-25-27-29-31-40(65)39(60-45(68)32-30-28-26-23-13-11-9-7-5-2)37-76-55-50(72)49(71)52(44(36-63)78-55)79-56-51(73)54(48(70)43(35-62)77-56)81-58(57(74)75)33-41(66)46(59-38(3)64)53(80-58)47(69)42(67)34-61/h23,26,39-44,46-56,61-63,65-67,69-73H,4-22,24-25,27-37H2,1-3H3,(H,59,64)(H,60,68)(H,74,75)/b26-23-. The first-order chi connectivity index (χ1) is 38.9. The molecule has 23 nitrogen and oxygen atoms in total. The Morgan fingerprint density at radius 1 is 0.630 bits per heavy atom. The van der Waals surface area contributed by atoms with Crippen molar-refractivity contribution in [2.24, 2.45) is 0 Å². The van der Waals surface area contributed by atoms with Gasteiger partial charge in [0, 0.05) is 19.8 Å². The normalized spacial score (nSPS) is 30.5. The van der Waals surface area contributed by atoms with Crippen molar-refractivity contribution in [2.45, 2.75) is 310 Å². The Morgan fingerprint density at radius 3 is 1.67 bits per heavy atom. The average molecular weight is 1170 g/mol. The molecule has 3 fully saturated rings. The van der Waals surface area contributed by atoms with E-state index in [4.69, 9.17) is 28.4 Å². The number of ether oxygens (including phenoxy) is 6. The van der Waals surface area contributed by atoms with Gasteiger partial charge in [-0.25, -0.2) is 4.79 Å². The highest BCUT2D eigenvalue weighted by Crippen LogP contribution is 2.38. The minimum absolute atomic E-state index is 0.175. The molecule has 3 saturated heterocycles. The summed E-state index contributed by atoms with van der Waals surface area (Å²) >= 11 is 0. The number of nitrogens with one attached hydrogen (secondary N) is 2. The highest BCUT2D eigenvalue weighted by atomic mass is 16.8. The summed E-state index contributed by atoms with van der Waals surface area (Å²) in [6, 6.07) is -2.54. The molecule has 18 unspecified atom stereocenters. The molecular weight excluding hydrogens is 1060 g/mol. The molecule has 81 heavy (non-hydrogen) atoms. The molecule has 3 aliphatic rings. The van der Waals surface area contributed by atoms with Gasteiger partial charge in [0.1, 0.15) is 67.1 Å². The highest BCUT2D eigenvalue weighted by Gasteiger charge is 2.60. The minimum Gasteiger partial charge on any atom is -0.477 e. The molecule has 0 radical (unpaired) electrons. The van der Waals surface area contributed by atoms with Crippen LogP contribution in [0.25, 0.3) is 0 Å². The van der Waals surface area contributed by atoms with Crippen LogP contribution in [0.3, 0.4) is 0 Å². The predicted octanol–water partition coefficient (Wildman–Crippen LogP) is 2.78. The second-order valence-electron chi connectivity index (χ2n) is 22.6. The number of carboxylic acid groups (broad SMARTS) is 1. The number of hydrogen-bond donors (Lipinski definition) is 14. The van der Waals surface area contributed by atoms with Gasteiger partial charge in [-0.3, -0.25) is 9.59 Å². The second kappa shape index (κ2) is 40.7. The number of aliphatic hydroxyl groups is 11. The fourth-order valence-corrected chi connectivity index (χ4v) is 10.8. The first-order valence-corrected chi connectivity index (χ1v) is 30.5. The molecule has 3 heterocycles. The van der Waals surface area contributed by atoms with E-state index in [9.17, 15) is 75.7 Å². The molecule has 2 amide bonds. The van der Waals surface area contributed by atoms with Gasteiger partial charge in [-0.05, 0) is 32.1 Å². The van der Waals surface area contributed by atoms with E-state index in [1.165, 1.54) is 96.3 Å². The number of carbonyl (C=O) groups excluding carboxylic acids is 2. The maximum Gasteiger partial charge on any atom is 0.364 e. The SMILES string of the molecule is CCCCCC/C=C\CCCC(=O)NC(COC1OC(CO)C(OC2OC(CO)C(O)C(OC3(C(=O)O)CC(O)C(NC(C)=O)C(C(O)C(O)CO)O3)C2O)C(O)C1O)C(O)CCCCCCCCCCCCCCCCCCCC. The number of aliphatic carboxylic acids is 1. The van der Waals surface area contributed by atoms with Crippen LogP contribution in [0.4, 0.5) is 0 Å². The average Bonchev–Trinajstić information content (AvgIpc) is 3.61. The third-order valence-electron chi connectivity index (χ3n) is 15.7. The molecule has 3 aliphatic heterocycles. The number of carboxylic acids is 1. The quantitative estimate of drug-likeness (QED) is 0.0308. The van der Waals surface area contributed by atoms with Crippen molar-refractivity contribution in [2.75, 3.05) is 26.4 Å². The molecule has 0 spiro atoms. The van der Waals surface area contributed by atoms with Crippen molar-refractivity contribution in [1.82, 2.24) is 10.6 Å². The molecule has 0 saturated carbocycles. The number of carbonyl (C=O) groups is 3. The zero-order chi connectivity index (χ0) is 59.7. The Kier molecular flexibility index (Phi) is 36.6. The van der Waals surface area contributed by atoms with E-state index < -0.39 is 148 Å². The zero-order valence-electron chi connectivity index (χ0n) is 48.6. The molecule has 0 aromatic carbocycles. The monoisotopic (exact) mass is 1170 g/mol. The van der Waals surface area contributed by atoms with Gasteiger partial charge >= 0.3 is 5.97 Å². The number of rotatable bonds is 44. The van der Waals surface area contributed by atoms with Crippen LogP contribution in [0.1, 0.15) is 201 Å². The van der Waals surface area contributed by atoms with Crippen LogP contribution in [0, 0.1) is 0 Å². The number of hydrogen-bond acceptors (Lipinski definition) is 20. The third kappa shape index (κ3) is 25.1. The number of aliphatic hydroxyl groups excluding tert-OH is 11. The summed E-state index contributed by atoms with van der Waals surface area (Å²) < 4.78 is 34.7. The van der Waals surface area contributed by atoms with E-state index in [-0.39, 0.29) is 18.9 Å². The van der Waals surface area contributed by atoms with Crippen molar-refractivity contribution < 1.29 is 104 Å². The lowest BCUT2D eigenvalue weighted by Gasteiger charge is -2.50. The second-order valence-corrected chi connectivity index (χ2v) is 22.6. The van der Waals surface area contributed by atoms with Gasteiger partial charge in [0.25, 0.3) is 5.79 Å². The predicted molar refractivity (Wildman–Crippen MR) is 297 cm³/mol. The molecule has 0 aromatic rings. The van der Waals surface area contributed by atoms with E-state index in [0.717, 1.165) is 51.9 Å². The van der Waals surface area contributed by atoms with E-state index >= 15 is 0 Å². The molecule has 23 heteroatoms. The van der Waals surface area contributed by atoms with Crippen molar-refractivity contribution in [3.05, 3.63) is 12.2 Å². The summed E-state index contributed by atoms with van der Waals surface area (Å²) in [6.45, 7) is 2.11. The number of unbranched alkanes of at least 4 members (excludes halogenated alkanes) is 22. The van der Waals surface area contributed by atoms with Crippen LogP contribution in [0.15, 0.2) is 12.2 Å². The summed E-state index contributed by atoms with van der Waals surface area (Å²) in [5.74, 6) is -6.14. The summed E-state index contributed by atoms with van der Waals surface area (Å²) in [5, 5.41) is 135. The molecule has 0 aromatic heterocycles. The fraction of sp³-hybridized carbons (Fsp3) is 0.914. The zero-order valence-corrected chi connectivity index (χ0v) is 48.6. The van der Waals surface area contributed by atoms with Crippen molar-refractivity contribution in [3.8, 4) is 0 Å². The summed E-state index contributed by atoms with van der Waals surface area (Å²) in [7, 11) is 0. The van der Waals surface area contributed by atoms with Crippen LogP contribution in [0.2, 0.25) is 0 Å². The highest BCUT2D eigenvalue weighted by molar-refractivity contribution is 5.77. The van der Waals surface area contributed by atoms with Gasteiger partial charge in [0.05, 0.1) is 50.7 Å². The van der Waals surface area contributed by atoms with Crippen LogP contribution < -0.4 is 10.6 Å². The molecule has 474 valence electrons. The van der Waals surface area contributed by atoms with Crippen molar-refractivity contribution in [3.63, 3.8) is 0 Å². The Bertz CT molecular complexity index is 1720. The summed E-state index contributed by atoms with van der Waals surface area (Å²) in [5.41, 5.74) is 0. The molecule has 14 N–H and O–H groups in total. The third-order valence-corrected chi connectivity index (χ3v) is 15.7. The van der Waals surface area contributed by atoms with Gasteiger partial charge in [0.15, 0.2) is 12.6 Å². The van der Waals surface area contributed by atoms with Crippen LogP contribution in [-0.4, -0.2) is 215 Å². The van der Waals surface area contributed by atoms with Crippen LogP contribution in [-0.2, 0) is 42.8 Å². The topological polar surface area (TPSA) is 373 Å². The molecular formula is C58H106N2O21. The Labute approximate surface area is 480 Å². The van der Waals surface area contributed by atoms with Crippen LogP contribution in [0.5, 0.6) is 0 Å². The summed E-state index contributed by atoms with van der Waals surface area (Å²) in [6.07, 6.45) is 4.13. The Hall–Kier alpha value is -2.53. The van der Waals surface area contributed by atoms with Crippen molar-refractivity contribution >= 4 is 17.8 Å². The molecule has 0 bridgehead atoms. The van der Waals surface area contributed by atoms with Gasteiger partial charge in [-0.2, -0.15) is 0 Å². The Morgan fingerprint density at radius 2 is 1.15 bits per heavy atom. The molecule has 0 aliphatic carbocycles. The van der Waals surface area contributed by atoms with Gasteiger partial charge in [0.2, 0.25) is 11.8 Å². The summed E-state index contributed by atoms with van der Waals surface area (Å²) in [4.78, 5) is 38.3. The fourth-order valence-electron chi connectivity index (χ4n) is 10.8. The first-order valence-electron chi connectivity index (χ1n) is 30.5. The number of amides is 2. The lowest BCUT2D eigenvalue weighted by molar-refractivity contribution is -0.386. The maximum absolute atomic E-state index is 13.3. The van der Waals surface area contributed by atoms with Gasteiger partial charge < -0.3 is 100 Å². The lowest BCUT2D eigenvalue weighted by Crippen LogP contribution is -2.70. The lowest BCUT2D eigenvalue weighted by atomic mass is 9.88. The van der Waals surface area contributed by atoms with Crippen molar-refractivity contribution in [1.29, 1.82) is 0 Å². The number of allylic oxidation sites excluding steroid dienone is 2. The van der Waals surface area contributed by atoms with Gasteiger partial charge in [-0.1, -0.05) is 161 Å². The smallest absolute Gasteiger partial charge is 0.364 e. The molecule has 18 atom stereocenters. The largest absolute Gasteiger partial charge is 0.477 e. The van der Waals surface area contributed by atoms with Crippen LogP contribution >= 0.6 is 0 Å². The van der Waals surface area contributed by atoms with E-state index in [2.05, 4.69) is 36.6 Å². The first kappa shape index (κ1) is 72.7. The molecule has 3 rings (SSSR count). The maximum atomic E-state index is 13.3. The van der Waals surface area contributed by atoms with E-state index in [0.29, 0.717) is 25.7 Å².